The summed E-state index contributed by atoms with van der Waals surface area (Å²) in [5.41, 5.74) is 0. The van der Waals surface area contributed by atoms with Crippen molar-refractivity contribution in [3.05, 3.63) is 0 Å². The molecule has 0 aromatic rings. The zero-order valence-corrected chi connectivity index (χ0v) is 6.76. The Balaban J connectivity index is 2.57. The predicted octanol–water partition coefficient (Wildman–Crippen LogP) is -0.722. The van der Waals surface area contributed by atoms with Gasteiger partial charge in [0.05, 0.1) is 12.9 Å². The van der Waals surface area contributed by atoms with Crippen LogP contribution in [0.4, 0.5) is 0 Å². The Bertz CT molecular complexity index is 254. The molecule has 1 fully saturated rings. The van der Waals surface area contributed by atoms with Crippen LogP contribution in [0.3, 0.4) is 0 Å². The summed E-state index contributed by atoms with van der Waals surface area (Å²) in [6, 6.07) is 0. The molecule has 0 spiro atoms. The number of cyclic esters (lactones) is 1. The van der Waals surface area contributed by atoms with Gasteiger partial charge in [0.25, 0.3) is 10.1 Å². The zero-order valence-electron chi connectivity index (χ0n) is 5.94. The molecular formula is C5H8O5S. The average Bonchev–Trinajstić information content (AvgIpc) is 2.12. The molecule has 0 N–H and O–H groups in total. The van der Waals surface area contributed by atoms with Crippen LogP contribution in [0.5, 0.6) is 0 Å². The third kappa shape index (κ3) is 2.47. The number of ether oxygens (including phenoxy) is 1. The molecule has 1 aliphatic heterocycles. The summed E-state index contributed by atoms with van der Waals surface area (Å²) in [4.78, 5) is 10.6. The molecule has 1 unspecified atom stereocenters. The van der Waals surface area contributed by atoms with E-state index in [0.717, 1.165) is 6.26 Å². The molecule has 0 saturated carbocycles. The van der Waals surface area contributed by atoms with Gasteiger partial charge in [-0.2, -0.15) is 8.42 Å². The van der Waals surface area contributed by atoms with E-state index < -0.39 is 22.2 Å². The summed E-state index contributed by atoms with van der Waals surface area (Å²) in [5, 5.41) is 0. The van der Waals surface area contributed by atoms with E-state index >= 15 is 0 Å². The smallest absolute Gasteiger partial charge is 0.336 e. The molecule has 5 nitrogen and oxygen atoms in total. The van der Waals surface area contributed by atoms with Crippen LogP contribution < -0.4 is 0 Å². The lowest BCUT2D eigenvalue weighted by atomic mass is 10.3. The van der Waals surface area contributed by atoms with Crippen LogP contribution in [-0.4, -0.2) is 33.4 Å². The quantitative estimate of drug-likeness (QED) is 0.414. The molecule has 0 aromatic carbocycles. The molecule has 0 aliphatic carbocycles. The van der Waals surface area contributed by atoms with Crippen molar-refractivity contribution in [3.8, 4) is 0 Å². The van der Waals surface area contributed by atoms with E-state index in [1.54, 1.807) is 0 Å². The van der Waals surface area contributed by atoms with Crippen molar-refractivity contribution in [3.63, 3.8) is 0 Å². The first kappa shape index (κ1) is 8.48. The lowest BCUT2D eigenvalue weighted by molar-refractivity contribution is -0.143. The van der Waals surface area contributed by atoms with Crippen LogP contribution in [0.1, 0.15) is 6.42 Å². The second-order valence-electron chi connectivity index (χ2n) is 2.25. The minimum absolute atomic E-state index is 0.235. The standard InChI is InChI=1S/C5H8O5S/c1-11(7,8)10-4-2-3-9-5(4)6/h4H,2-3H2,1H3. The Hall–Kier alpha value is -0.620. The van der Waals surface area contributed by atoms with Gasteiger partial charge < -0.3 is 4.74 Å². The largest absolute Gasteiger partial charge is 0.464 e. The Morgan fingerprint density at radius 1 is 1.64 bits per heavy atom. The maximum Gasteiger partial charge on any atom is 0.336 e. The van der Waals surface area contributed by atoms with Crippen LogP contribution in [0.15, 0.2) is 0 Å². The fourth-order valence-electron chi connectivity index (χ4n) is 0.776. The monoisotopic (exact) mass is 180 g/mol. The molecule has 0 bridgehead atoms. The summed E-state index contributed by atoms with van der Waals surface area (Å²) < 4.78 is 29.9. The van der Waals surface area contributed by atoms with Crippen LogP contribution in [0, 0.1) is 0 Å². The lowest BCUT2D eigenvalue weighted by Gasteiger charge is -2.03. The van der Waals surface area contributed by atoms with Gasteiger partial charge in [-0.3, -0.25) is 4.18 Å². The van der Waals surface area contributed by atoms with Crippen molar-refractivity contribution >= 4 is 16.1 Å². The third-order valence-corrected chi connectivity index (χ3v) is 1.76. The summed E-state index contributed by atoms with van der Waals surface area (Å²) in [5.74, 6) is -0.601. The molecule has 1 heterocycles. The highest BCUT2D eigenvalue weighted by molar-refractivity contribution is 7.86. The second kappa shape index (κ2) is 2.78. The highest BCUT2D eigenvalue weighted by atomic mass is 32.2. The van der Waals surface area contributed by atoms with E-state index in [9.17, 15) is 13.2 Å². The Morgan fingerprint density at radius 2 is 2.27 bits per heavy atom. The van der Waals surface area contributed by atoms with Gasteiger partial charge in [0.15, 0.2) is 6.10 Å². The maximum atomic E-state index is 10.6. The molecule has 0 aromatic heterocycles. The van der Waals surface area contributed by atoms with Crippen molar-refractivity contribution in [2.24, 2.45) is 0 Å². The zero-order chi connectivity index (χ0) is 8.48. The Kier molecular flexibility index (Phi) is 2.15. The SMILES string of the molecule is CS(=O)(=O)OC1CCOC1=O. The molecule has 6 heteroatoms. The van der Waals surface area contributed by atoms with Gasteiger partial charge >= 0.3 is 5.97 Å². The summed E-state index contributed by atoms with van der Waals surface area (Å²) >= 11 is 0. The summed E-state index contributed by atoms with van der Waals surface area (Å²) in [6.07, 6.45) is 0.287. The van der Waals surface area contributed by atoms with Gasteiger partial charge in [-0.05, 0) is 0 Å². The van der Waals surface area contributed by atoms with Crippen LogP contribution in [0.25, 0.3) is 0 Å². The first-order valence-corrected chi connectivity index (χ1v) is 4.85. The van der Waals surface area contributed by atoms with E-state index in [-0.39, 0.29) is 6.61 Å². The maximum absolute atomic E-state index is 10.6. The van der Waals surface area contributed by atoms with Crippen molar-refractivity contribution in [1.82, 2.24) is 0 Å². The Morgan fingerprint density at radius 3 is 2.64 bits per heavy atom. The molecular weight excluding hydrogens is 172 g/mol. The minimum atomic E-state index is -3.54. The van der Waals surface area contributed by atoms with E-state index in [0.29, 0.717) is 6.42 Å². The van der Waals surface area contributed by atoms with Gasteiger partial charge in [0.2, 0.25) is 0 Å². The van der Waals surface area contributed by atoms with Crippen LogP contribution in [0.2, 0.25) is 0 Å². The molecule has 1 rings (SSSR count). The van der Waals surface area contributed by atoms with E-state index in [4.69, 9.17) is 0 Å². The van der Waals surface area contributed by atoms with E-state index in [1.807, 2.05) is 0 Å². The molecule has 64 valence electrons. The lowest BCUT2D eigenvalue weighted by Crippen LogP contribution is -2.21. The summed E-state index contributed by atoms with van der Waals surface area (Å²) in [7, 11) is -3.54. The first-order chi connectivity index (χ1) is 4.99. The fraction of sp³-hybridized carbons (Fsp3) is 0.800. The number of esters is 1. The average molecular weight is 180 g/mol. The van der Waals surface area contributed by atoms with Crippen molar-refractivity contribution in [2.45, 2.75) is 12.5 Å². The van der Waals surface area contributed by atoms with E-state index in [1.165, 1.54) is 0 Å². The van der Waals surface area contributed by atoms with E-state index in [2.05, 4.69) is 8.92 Å². The predicted molar refractivity (Wildman–Crippen MR) is 35.3 cm³/mol. The van der Waals surface area contributed by atoms with Gasteiger partial charge in [0.1, 0.15) is 0 Å². The highest BCUT2D eigenvalue weighted by Gasteiger charge is 2.30. The first-order valence-electron chi connectivity index (χ1n) is 3.04. The number of carbonyl (C=O) groups is 1. The Labute approximate surface area is 64.4 Å². The fourth-order valence-corrected chi connectivity index (χ4v) is 1.37. The van der Waals surface area contributed by atoms with Gasteiger partial charge in [-0.25, -0.2) is 4.79 Å². The van der Waals surface area contributed by atoms with Crippen LogP contribution >= 0.6 is 0 Å². The molecule has 1 saturated heterocycles. The van der Waals surface area contributed by atoms with Gasteiger partial charge in [-0.15, -0.1) is 0 Å². The normalized spacial score (nSPS) is 25.2. The summed E-state index contributed by atoms with van der Waals surface area (Å²) in [6.45, 7) is 0.235. The number of carbonyl (C=O) groups excluding carboxylic acids is 1. The molecule has 11 heavy (non-hydrogen) atoms. The van der Waals surface area contributed by atoms with Gasteiger partial charge in [-0.1, -0.05) is 0 Å². The molecule has 0 amide bonds. The van der Waals surface area contributed by atoms with Crippen LogP contribution in [-0.2, 0) is 23.8 Å². The number of rotatable bonds is 2. The number of hydrogen-bond acceptors (Lipinski definition) is 5. The van der Waals surface area contributed by atoms with Crippen molar-refractivity contribution in [2.75, 3.05) is 12.9 Å². The minimum Gasteiger partial charge on any atom is -0.464 e. The van der Waals surface area contributed by atoms with Crippen molar-refractivity contribution in [1.29, 1.82) is 0 Å². The third-order valence-electron chi connectivity index (χ3n) is 1.18. The van der Waals surface area contributed by atoms with Gasteiger partial charge in [0, 0.05) is 6.42 Å². The number of hydrogen-bond donors (Lipinski definition) is 0. The molecule has 1 atom stereocenters. The molecule has 1 aliphatic rings. The second-order valence-corrected chi connectivity index (χ2v) is 3.85. The topological polar surface area (TPSA) is 69.7 Å². The molecule has 0 radical (unpaired) electrons. The van der Waals surface area contributed by atoms with Crippen molar-refractivity contribution < 1.29 is 22.1 Å². The highest BCUT2D eigenvalue weighted by Crippen LogP contribution is 2.11.